The van der Waals surface area contributed by atoms with Gasteiger partial charge in [0.05, 0.1) is 6.10 Å². The summed E-state index contributed by atoms with van der Waals surface area (Å²) in [5, 5.41) is 5.84. The van der Waals surface area contributed by atoms with Crippen molar-refractivity contribution in [1.29, 1.82) is 0 Å². The Morgan fingerprint density at radius 2 is 2.30 bits per heavy atom. The molecule has 2 unspecified atom stereocenters. The van der Waals surface area contributed by atoms with Gasteiger partial charge < -0.3 is 19.9 Å². The normalized spacial score (nSPS) is 25.2. The maximum absolute atomic E-state index is 11.7. The highest BCUT2D eigenvalue weighted by atomic mass is 16.5. The van der Waals surface area contributed by atoms with E-state index in [0.717, 1.165) is 44.7 Å². The number of rotatable bonds is 4. The number of amides is 2. The fourth-order valence-corrected chi connectivity index (χ4v) is 2.90. The van der Waals surface area contributed by atoms with E-state index in [-0.39, 0.29) is 12.1 Å². The van der Waals surface area contributed by atoms with Crippen LogP contribution in [0.25, 0.3) is 0 Å². The van der Waals surface area contributed by atoms with Gasteiger partial charge in [-0.25, -0.2) is 9.78 Å². The molecule has 2 atom stereocenters. The second kappa shape index (κ2) is 6.26. The molecule has 1 aromatic heterocycles. The van der Waals surface area contributed by atoms with E-state index < -0.39 is 0 Å². The molecule has 0 aliphatic carbocycles. The fourth-order valence-electron chi connectivity index (χ4n) is 2.90. The summed E-state index contributed by atoms with van der Waals surface area (Å²) < 4.78 is 7.66. The lowest BCUT2D eigenvalue weighted by molar-refractivity contribution is 0.111. The Morgan fingerprint density at radius 1 is 1.40 bits per heavy atom. The van der Waals surface area contributed by atoms with Gasteiger partial charge in [-0.1, -0.05) is 0 Å². The third-order valence-corrected chi connectivity index (χ3v) is 4.12. The molecule has 6 nitrogen and oxygen atoms in total. The van der Waals surface area contributed by atoms with E-state index in [9.17, 15) is 4.79 Å². The van der Waals surface area contributed by atoms with Gasteiger partial charge in [0.2, 0.25) is 0 Å². The van der Waals surface area contributed by atoms with Crippen molar-refractivity contribution in [2.24, 2.45) is 5.92 Å². The number of nitrogens with one attached hydrogen (secondary N) is 2. The molecule has 1 aromatic rings. The van der Waals surface area contributed by atoms with E-state index in [1.54, 1.807) is 0 Å². The summed E-state index contributed by atoms with van der Waals surface area (Å²) in [6, 6.07) is -0.0885. The van der Waals surface area contributed by atoms with E-state index in [2.05, 4.69) is 20.2 Å². The van der Waals surface area contributed by atoms with Crippen LogP contribution in [0.3, 0.4) is 0 Å². The number of hydrogen-bond acceptors (Lipinski definition) is 3. The second-order valence-corrected chi connectivity index (χ2v) is 5.62. The number of nitrogens with zero attached hydrogens (tertiary/aromatic N) is 2. The second-order valence-electron chi connectivity index (χ2n) is 5.62. The smallest absolute Gasteiger partial charge is 0.314 e. The highest BCUT2D eigenvalue weighted by Gasteiger charge is 2.20. The minimum absolute atomic E-state index is 0.0885. The lowest BCUT2D eigenvalue weighted by Gasteiger charge is -2.23. The molecule has 0 radical (unpaired) electrons. The van der Waals surface area contributed by atoms with Crippen LogP contribution in [0.2, 0.25) is 0 Å². The van der Waals surface area contributed by atoms with Crippen molar-refractivity contribution in [3.8, 4) is 0 Å². The van der Waals surface area contributed by atoms with Crippen LogP contribution in [0.4, 0.5) is 4.79 Å². The van der Waals surface area contributed by atoms with Gasteiger partial charge in [0.25, 0.3) is 0 Å². The minimum Gasteiger partial charge on any atom is -0.376 e. The Bertz CT molecular complexity index is 454. The molecular weight excluding hydrogens is 256 g/mol. The molecule has 20 heavy (non-hydrogen) atoms. The number of urea groups is 1. The SMILES string of the molecule is O=C(NCC1CCn2ccnc2C1)NCC1CCCO1. The first-order chi connectivity index (χ1) is 9.81. The van der Waals surface area contributed by atoms with Crippen LogP contribution >= 0.6 is 0 Å². The number of hydrogen-bond donors (Lipinski definition) is 2. The van der Waals surface area contributed by atoms with Crippen molar-refractivity contribution in [2.75, 3.05) is 19.7 Å². The highest BCUT2D eigenvalue weighted by molar-refractivity contribution is 5.73. The third-order valence-electron chi connectivity index (χ3n) is 4.12. The van der Waals surface area contributed by atoms with Crippen LogP contribution in [-0.4, -0.2) is 41.4 Å². The first kappa shape index (κ1) is 13.4. The zero-order valence-corrected chi connectivity index (χ0v) is 11.7. The molecule has 3 rings (SSSR count). The quantitative estimate of drug-likeness (QED) is 0.860. The van der Waals surface area contributed by atoms with Crippen molar-refractivity contribution in [3.63, 3.8) is 0 Å². The van der Waals surface area contributed by atoms with Crippen LogP contribution in [0.15, 0.2) is 12.4 Å². The van der Waals surface area contributed by atoms with Crippen molar-refractivity contribution in [1.82, 2.24) is 20.2 Å². The molecule has 0 bridgehead atoms. The summed E-state index contributed by atoms with van der Waals surface area (Å²) in [5.74, 6) is 1.61. The van der Waals surface area contributed by atoms with E-state index in [4.69, 9.17) is 4.74 Å². The van der Waals surface area contributed by atoms with Gasteiger partial charge in [0.15, 0.2) is 0 Å². The summed E-state index contributed by atoms with van der Waals surface area (Å²) in [5.41, 5.74) is 0. The van der Waals surface area contributed by atoms with Crippen LogP contribution in [0.1, 0.15) is 25.1 Å². The van der Waals surface area contributed by atoms with E-state index >= 15 is 0 Å². The van der Waals surface area contributed by atoms with Crippen molar-refractivity contribution < 1.29 is 9.53 Å². The van der Waals surface area contributed by atoms with Gasteiger partial charge in [-0.2, -0.15) is 0 Å². The fraction of sp³-hybridized carbons (Fsp3) is 0.714. The van der Waals surface area contributed by atoms with E-state index in [0.29, 0.717) is 19.0 Å². The molecule has 2 aliphatic rings. The van der Waals surface area contributed by atoms with Crippen LogP contribution in [-0.2, 0) is 17.7 Å². The van der Waals surface area contributed by atoms with E-state index in [1.807, 2.05) is 12.4 Å². The van der Waals surface area contributed by atoms with Crippen LogP contribution < -0.4 is 10.6 Å². The van der Waals surface area contributed by atoms with Crippen molar-refractivity contribution >= 4 is 6.03 Å². The Labute approximate surface area is 118 Å². The number of imidazole rings is 1. The number of carbonyl (C=O) groups is 1. The summed E-state index contributed by atoms with van der Waals surface area (Å²) in [6.07, 6.45) is 8.25. The predicted molar refractivity (Wildman–Crippen MR) is 74.4 cm³/mol. The highest BCUT2D eigenvalue weighted by Crippen LogP contribution is 2.18. The predicted octanol–water partition coefficient (Wildman–Crippen LogP) is 0.924. The maximum Gasteiger partial charge on any atom is 0.314 e. The van der Waals surface area contributed by atoms with Gasteiger partial charge in [0.1, 0.15) is 5.82 Å². The number of aryl methyl sites for hydroxylation is 1. The van der Waals surface area contributed by atoms with Crippen LogP contribution in [0, 0.1) is 5.92 Å². The average molecular weight is 278 g/mol. The van der Waals surface area contributed by atoms with Gasteiger partial charge in [-0.05, 0) is 25.2 Å². The first-order valence-electron chi connectivity index (χ1n) is 7.44. The summed E-state index contributed by atoms with van der Waals surface area (Å²) >= 11 is 0. The first-order valence-corrected chi connectivity index (χ1v) is 7.44. The molecular formula is C14H22N4O2. The molecule has 2 amide bonds. The molecule has 3 heterocycles. The standard InChI is InChI=1S/C14H22N4O2/c19-14(17-10-12-2-1-7-20-12)16-9-11-3-5-18-6-4-15-13(18)8-11/h4,6,11-12H,1-3,5,7-10H2,(H2,16,17,19). The molecule has 2 aliphatic heterocycles. The molecule has 0 aromatic carbocycles. The summed E-state index contributed by atoms with van der Waals surface area (Å²) in [6.45, 7) is 3.15. The van der Waals surface area contributed by atoms with Gasteiger partial charge in [0, 0.05) is 45.1 Å². The summed E-state index contributed by atoms with van der Waals surface area (Å²) in [7, 11) is 0. The van der Waals surface area contributed by atoms with Crippen molar-refractivity contribution in [3.05, 3.63) is 18.2 Å². The lowest BCUT2D eigenvalue weighted by atomic mass is 9.98. The Balaban J connectivity index is 1.36. The Morgan fingerprint density at radius 3 is 3.15 bits per heavy atom. The van der Waals surface area contributed by atoms with E-state index in [1.165, 1.54) is 0 Å². The Kier molecular flexibility index (Phi) is 4.20. The minimum atomic E-state index is -0.0885. The Hall–Kier alpha value is -1.56. The average Bonchev–Trinajstić information content (AvgIpc) is 3.13. The van der Waals surface area contributed by atoms with Gasteiger partial charge >= 0.3 is 6.03 Å². The summed E-state index contributed by atoms with van der Waals surface area (Å²) in [4.78, 5) is 16.1. The molecule has 0 saturated carbocycles. The third kappa shape index (κ3) is 3.30. The molecule has 1 saturated heterocycles. The largest absolute Gasteiger partial charge is 0.376 e. The number of fused-ring (bicyclic) bond motifs is 1. The maximum atomic E-state index is 11.7. The van der Waals surface area contributed by atoms with Gasteiger partial charge in [-0.15, -0.1) is 0 Å². The van der Waals surface area contributed by atoms with Gasteiger partial charge in [-0.3, -0.25) is 0 Å². The topological polar surface area (TPSA) is 68.2 Å². The number of aromatic nitrogens is 2. The zero-order chi connectivity index (χ0) is 13.8. The van der Waals surface area contributed by atoms with Crippen molar-refractivity contribution in [2.45, 2.75) is 38.3 Å². The molecule has 1 fully saturated rings. The molecule has 110 valence electrons. The molecule has 2 N–H and O–H groups in total. The molecule has 0 spiro atoms. The molecule has 6 heteroatoms. The number of carbonyl (C=O) groups excluding carboxylic acids is 1. The zero-order valence-electron chi connectivity index (χ0n) is 11.7. The van der Waals surface area contributed by atoms with Crippen LogP contribution in [0.5, 0.6) is 0 Å². The monoisotopic (exact) mass is 278 g/mol. The number of ether oxygens (including phenoxy) is 1. The lowest BCUT2D eigenvalue weighted by Crippen LogP contribution is -2.42.